The third-order valence-electron chi connectivity index (χ3n) is 4.77. The van der Waals surface area contributed by atoms with Gasteiger partial charge in [0.2, 0.25) is 5.95 Å². The summed E-state index contributed by atoms with van der Waals surface area (Å²) >= 11 is 0. The number of nitrogens with one attached hydrogen (secondary N) is 2. The van der Waals surface area contributed by atoms with Crippen LogP contribution in [0.2, 0.25) is 0 Å². The van der Waals surface area contributed by atoms with Crippen LogP contribution < -0.4 is 22.1 Å². The van der Waals surface area contributed by atoms with Crippen molar-refractivity contribution in [2.24, 2.45) is 11.5 Å². The smallest absolute Gasteiger partial charge is 0.273 e. The number of nitrogens with two attached hydrogens (primary N) is 2. The van der Waals surface area contributed by atoms with E-state index in [0.29, 0.717) is 17.2 Å². The van der Waals surface area contributed by atoms with Gasteiger partial charge in [-0.3, -0.25) is 14.8 Å². The van der Waals surface area contributed by atoms with Gasteiger partial charge >= 0.3 is 0 Å². The van der Waals surface area contributed by atoms with E-state index in [4.69, 9.17) is 11.5 Å². The number of nitrogens with zero attached hydrogens (tertiary/aromatic N) is 5. The summed E-state index contributed by atoms with van der Waals surface area (Å²) in [4.78, 5) is 24.8. The highest BCUT2D eigenvalue weighted by atomic mass is 16.1. The molecule has 1 aliphatic rings. The van der Waals surface area contributed by atoms with Crippen molar-refractivity contribution in [2.45, 2.75) is 37.8 Å². The van der Waals surface area contributed by atoms with Crippen LogP contribution >= 0.6 is 0 Å². The fraction of sp³-hybridized carbons (Fsp3) is 0.333. The lowest BCUT2D eigenvalue weighted by Gasteiger charge is -2.29. The summed E-state index contributed by atoms with van der Waals surface area (Å²) in [5.41, 5.74) is 13.6. The monoisotopic (exact) mass is 379 g/mol. The van der Waals surface area contributed by atoms with Gasteiger partial charge in [0.1, 0.15) is 0 Å². The lowest BCUT2D eigenvalue weighted by Crippen LogP contribution is -2.43. The van der Waals surface area contributed by atoms with Gasteiger partial charge in [-0.2, -0.15) is 4.98 Å². The highest BCUT2D eigenvalue weighted by molar-refractivity contribution is 5.96. The molecule has 10 nitrogen and oxygen atoms in total. The van der Waals surface area contributed by atoms with Gasteiger partial charge < -0.3 is 22.1 Å². The normalized spacial score (nSPS) is 19.3. The Morgan fingerprint density at radius 1 is 1.14 bits per heavy atom. The van der Waals surface area contributed by atoms with Gasteiger partial charge in [0.05, 0.1) is 22.9 Å². The highest BCUT2D eigenvalue weighted by Crippen LogP contribution is 2.23. The van der Waals surface area contributed by atoms with Crippen molar-refractivity contribution in [2.75, 3.05) is 10.6 Å². The molecule has 10 heteroatoms. The second kappa shape index (κ2) is 7.69. The average molecular weight is 379 g/mol. The molecule has 1 saturated carbocycles. The van der Waals surface area contributed by atoms with Gasteiger partial charge in [-0.15, -0.1) is 10.2 Å². The SMILES string of the molecule is NC(=O)c1nnc(N[C@@H]2CCCC[C@@H]2N)nc1Nc1cnc2cccnc2c1. The largest absolute Gasteiger partial charge is 0.364 e. The fourth-order valence-electron chi connectivity index (χ4n) is 3.30. The van der Waals surface area contributed by atoms with Gasteiger partial charge in [0.25, 0.3) is 5.91 Å². The second-order valence-corrected chi connectivity index (χ2v) is 6.79. The van der Waals surface area contributed by atoms with Crippen molar-refractivity contribution in [3.8, 4) is 0 Å². The molecule has 6 N–H and O–H groups in total. The lowest BCUT2D eigenvalue weighted by molar-refractivity contribution is 0.0995. The van der Waals surface area contributed by atoms with E-state index in [1.165, 1.54) is 0 Å². The first-order valence-corrected chi connectivity index (χ1v) is 9.14. The molecule has 4 rings (SSSR count). The van der Waals surface area contributed by atoms with Crippen LogP contribution in [0.15, 0.2) is 30.6 Å². The molecule has 3 aromatic rings. The number of hydrogen-bond donors (Lipinski definition) is 4. The number of carbonyl (C=O) groups is 1. The van der Waals surface area contributed by atoms with Crippen LogP contribution in [0.4, 0.5) is 17.5 Å². The number of primary amides is 1. The van der Waals surface area contributed by atoms with E-state index in [2.05, 4.69) is 35.8 Å². The number of amides is 1. The molecule has 0 radical (unpaired) electrons. The molecular formula is C18H21N9O. The molecule has 144 valence electrons. The van der Waals surface area contributed by atoms with Crippen molar-refractivity contribution in [1.29, 1.82) is 0 Å². The van der Waals surface area contributed by atoms with E-state index in [0.717, 1.165) is 31.2 Å². The molecule has 1 amide bonds. The van der Waals surface area contributed by atoms with E-state index in [1.54, 1.807) is 18.5 Å². The Bertz CT molecular complexity index is 1010. The Morgan fingerprint density at radius 3 is 2.82 bits per heavy atom. The zero-order valence-corrected chi connectivity index (χ0v) is 15.2. The lowest BCUT2D eigenvalue weighted by atomic mass is 9.91. The van der Waals surface area contributed by atoms with Crippen LogP contribution in [0.25, 0.3) is 11.0 Å². The third-order valence-corrected chi connectivity index (χ3v) is 4.77. The summed E-state index contributed by atoms with van der Waals surface area (Å²) in [5, 5.41) is 14.2. The first-order chi connectivity index (χ1) is 13.6. The van der Waals surface area contributed by atoms with Crippen molar-refractivity contribution in [1.82, 2.24) is 25.1 Å². The van der Waals surface area contributed by atoms with Crippen LogP contribution in [0, 0.1) is 0 Å². The number of hydrogen-bond acceptors (Lipinski definition) is 9. The van der Waals surface area contributed by atoms with Crippen LogP contribution in [0.5, 0.6) is 0 Å². The Kier molecular flexibility index (Phi) is 4.94. The van der Waals surface area contributed by atoms with Gasteiger partial charge in [-0.25, -0.2) is 0 Å². The van der Waals surface area contributed by atoms with Crippen molar-refractivity contribution in [3.63, 3.8) is 0 Å². The third kappa shape index (κ3) is 3.81. The highest BCUT2D eigenvalue weighted by Gasteiger charge is 2.23. The molecule has 0 aromatic carbocycles. The van der Waals surface area contributed by atoms with Crippen LogP contribution in [0.1, 0.15) is 36.2 Å². The van der Waals surface area contributed by atoms with Gasteiger partial charge in [-0.1, -0.05) is 12.8 Å². The molecule has 0 aliphatic heterocycles. The minimum Gasteiger partial charge on any atom is -0.364 e. The summed E-state index contributed by atoms with van der Waals surface area (Å²) in [5.74, 6) is -0.233. The first-order valence-electron chi connectivity index (χ1n) is 9.14. The Labute approximate surface area is 161 Å². The summed E-state index contributed by atoms with van der Waals surface area (Å²) in [6.07, 6.45) is 7.41. The molecule has 1 fully saturated rings. The standard InChI is InChI=1S/C18H21N9O/c19-11-4-1-2-5-12(11)24-18-25-17(15(16(20)28)26-27-18)23-10-8-14-13(22-9-10)6-3-7-21-14/h3,6-9,11-12H,1-2,4-5,19H2,(H2,20,28)(H2,23,24,25,27)/t11-,12+/m0/s1. The number of carbonyl (C=O) groups excluding carboxylic acids is 1. The fourth-order valence-corrected chi connectivity index (χ4v) is 3.30. The van der Waals surface area contributed by atoms with Gasteiger partial charge in [0.15, 0.2) is 11.5 Å². The number of rotatable bonds is 5. The van der Waals surface area contributed by atoms with E-state index in [-0.39, 0.29) is 23.6 Å². The summed E-state index contributed by atoms with van der Waals surface area (Å²) in [7, 11) is 0. The predicted molar refractivity (Wildman–Crippen MR) is 105 cm³/mol. The van der Waals surface area contributed by atoms with E-state index < -0.39 is 5.91 Å². The molecule has 0 spiro atoms. The molecule has 2 atom stereocenters. The Morgan fingerprint density at radius 2 is 2.00 bits per heavy atom. The summed E-state index contributed by atoms with van der Waals surface area (Å²) < 4.78 is 0. The predicted octanol–water partition coefficient (Wildman–Crippen LogP) is 1.34. The minimum atomic E-state index is -0.727. The quantitative estimate of drug-likeness (QED) is 0.513. The maximum atomic E-state index is 11.7. The Balaban J connectivity index is 1.62. The number of anilines is 3. The number of aromatic nitrogens is 5. The van der Waals surface area contributed by atoms with Crippen LogP contribution in [-0.2, 0) is 0 Å². The minimum absolute atomic E-state index is 0.0281. The van der Waals surface area contributed by atoms with Crippen molar-refractivity contribution >= 4 is 34.4 Å². The maximum absolute atomic E-state index is 11.7. The maximum Gasteiger partial charge on any atom is 0.273 e. The van der Waals surface area contributed by atoms with Gasteiger partial charge in [-0.05, 0) is 31.0 Å². The molecular weight excluding hydrogens is 358 g/mol. The van der Waals surface area contributed by atoms with Gasteiger partial charge in [0, 0.05) is 18.3 Å². The van der Waals surface area contributed by atoms with Crippen LogP contribution in [-0.4, -0.2) is 43.1 Å². The zero-order chi connectivity index (χ0) is 19.5. The zero-order valence-electron chi connectivity index (χ0n) is 15.2. The van der Waals surface area contributed by atoms with Crippen LogP contribution in [0.3, 0.4) is 0 Å². The van der Waals surface area contributed by atoms with E-state index >= 15 is 0 Å². The van der Waals surface area contributed by atoms with Crippen molar-refractivity contribution in [3.05, 3.63) is 36.3 Å². The molecule has 3 heterocycles. The molecule has 0 saturated heterocycles. The number of fused-ring (bicyclic) bond motifs is 1. The number of pyridine rings is 2. The van der Waals surface area contributed by atoms with E-state index in [9.17, 15) is 4.79 Å². The molecule has 3 aromatic heterocycles. The average Bonchev–Trinajstić information content (AvgIpc) is 2.70. The summed E-state index contributed by atoms with van der Waals surface area (Å²) in [6, 6.07) is 5.58. The molecule has 0 bridgehead atoms. The summed E-state index contributed by atoms with van der Waals surface area (Å²) in [6.45, 7) is 0. The second-order valence-electron chi connectivity index (χ2n) is 6.79. The Hall–Kier alpha value is -3.40. The molecule has 28 heavy (non-hydrogen) atoms. The molecule has 1 aliphatic carbocycles. The van der Waals surface area contributed by atoms with Crippen molar-refractivity contribution < 1.29 is 4.79 Å². The topological polar surface area (TPSA) is 158 Å². The molecule has 0 unspecified atom stereocenters. The first kappa shape index (κ1) is 18.0. The van der Waals surface area contributed by atoms with E-state index in [1.807, 2.05) is 12.1 Å².